The Morgan fingerprint density at radius 3 is 1.25 bits per heavy atom. The molecule has 0 bridgehead atoms. The van der Waals surface area contributed by atoms with Crippen molar-refractivity contribution in [2.24, 2.45) is 0 Å². The van der Waals surface area contributed by atoms with Crippen LogP contribution in [0.25, 0.3) is 0 Å². The maximum absolute atomic E-state index is 8.38. The predicted octanol–water partition coefficient (Wildman–Crippen LogP) is -1.42. The van der Waals surface area contributed by atoms with Crippen LogP contribution >= 0.6 is 0 Å². The van der Waals surface area contributed by atoms with Crippen LogP contribution in [0.5, 0.6) is 0 Å². The molecule has 0 N–H and O–H groups in total. The second-order valence-corrected chi connectivity index (χ2v) is 0.243. The fraction of sp³-hybridized carbons (Fsp3) is 0. The fourth-order valence-corrected chi connectivity index (χ4v) is 0. The molecule has 0 spiro atoms. The molecule has 0 aliphatic carbocycles. The SMILES string of the molecule is B.[O]=[Fe]=[O]. The predicted molar refractivity (Wildman–Crippen MR) is 11.3 cm³/mol. The maximum atomic E-state index is 8.38. The minimum atomic E-state index is -1.25. The average molecular weight is 102 g/mol. The van der Waals surface area contributed by atoms with E-state index in [0.717, 1.165) is 0 Å². The summed E-state index contributed by atoms with van der Waals surface area (Å²) in [6, 6.07) is 0. The molecule has 0 saturated carbocycles. The van der Waals surface area contributed by atoms with E-state index in [1.54, 1.807) is 0 Å². The van der Waals surface area contributed by atoms with Crippen molar-refractivity contribution in [1.82, 2.24) is 0 Å². The Bertz CT molecular complexity index is 27.0. The van der Waals surface area contributed by atoms with E-state index in [-0.39, 0.29) is 8.41 Å². The van der Waals surface area contributed by atoms with Crippen LogP contribution in [0.2, 0.25) is 0 Å². The van der Waals surface area contributed by atoms with Crippen LogP contribution in [-0.4, -0.2) is 8.41 Å². The van der Waals surface area contributed by atoms with Crippen LogP contribution in [0.3, 0.4) is 0 Å². The zero-order valence-corrected chi connectivity index (χ0v) is 2.27. The molecule has 4 heteroatoms. The molecule has 0 heterocycles. The summed E-state index contributed by atoms with van der Waals surface area (Å²) in [5.74, 6) is 0. The molecular weight excluding hydrogens is 98.7 g/mol. The molecule has 26 valence electrons. The van der Waals surface area contributed by atoms with Gasteiger partial charge in [0, 0.05) is 0 Å². The number of hydrogen-bond donors (Lipinski definition) is 0. The van der Waals surface area contributed by atoms with Gasteiger partial charge in [-0.1, -0.05) is 0 Å². The standard InChI is InChI=1S/BH3.Fe.2O/h1H3;;;. The van der Waals surface area contributed by atoms with Crippen LogP contribution in [-0.2, 0) is 22.5 Å². The molecule has 0 amide bonds. The Balaban J connectivity index is 0. The third-order valence-corrected chi connectivity index (χ3v) is 0. The van der Waals surface area contributed by atoms with Gasteiger partial charge >= 0.3 is 22.5 Å². The van der Waals surface area contributed by atoms with Crippen LogP contribution in [0.1, 0.15) is 0 Å². The summed E-state index contributed by atoms with van der Waals surface area (Å²) in [7, 11) is 0. The Kier molecular flexibility index (Phi) is 24.1. The molecule has 4 heavy (non-hydrogen) atoms. The van der Waals surface area contributed by atoms with Crippen molar-refractivity contribution in [2.75, 3.05) is 0 Å². The molecule has 0 fully saturated rings. The number of hydrogen-bond acceptors (Lipinski definition) is 2. The van der Waals surface area contributed by atoms with E-state index in [9.17, 15) is 0 Å². The topological polar surface area (TPSA) is 34.1 Å². The van der Waals surface area contributed by atoms with Gasteiger partial charge in [-0.05, 0) is 0 Å². The van der Waals surface area contributed by atoms with Gasteiger partial charge in [-0.2, -0.15) is 0 Å². The van der Waals surface area contributed by atoms with E-state index in [0.29, 0.717) is 0 Å². The third-order valence-electron chi connectivity index (χ3n) is 0. The first kappa shape index (κ1) is 8.89. The molecule has 0 saturated heterocycles. The van der Waals surface area contributed by atoms with Crippen LogP contribution in [0.15, 0.2) is 0 Å². The van der Waals surface area contributed by atoms with Gasteiger partial charge in [-0.25, -0.2) is 0 Å². The fourth-order valence-electron chi connectivity index (χ4n) is 0. The van der Waals surface area contributed by atoms with E-state index in [1.165, 1.54) is 0 Å². The quantitative estimate of drug-likeness (QED) is 0.351. The van der Waals surface area contributed by atoms with Crippen molar-refractivity contribution < 1.29 is 22.5 Å². The van der Waals surface area contributed by atoms with E-state index in [2.05, 4.69) is 0 Å². The summed E-state index contributed by atoms with van der Waals surface area (Å²) in [5.41, 5.74) is 0. The molecule has 0 aliphatic heterocycles. The Morgan fingerprint density at radius 1 is 1.25 bits per heavy atom. The second kappa shape index (κ2) is 10.8. The molecule has 0 aromatic heterocycles. The second-order valence-electron chi connectivity index (χ2n) is 0.0589. The van der Waals surface area contributed by atoms with Crippen molar-refractivity contribution in [3.05, 3.63) is 0 Å². The summed E-state index contributed by atoms with van der Waals surface area (Å²) < 4.78 is 16.8. The van der Waals surface area contributed by atoms with Crippen molar-refractivity contribution in [2.45, 2.75) is 0 Å². The Hall–Kier alpha value is 0.184. The molecule has 0 radical (unpaired) electrons. The summed E-state index contributed by atoms with van der Waals surface area (Å²) in [4.78, 5) is 0. The van der Waals surface area contributed by atoms with E-state index < -0.39 is 14.8 Å². The first-order valence-corrected chi connectivity index (χ1v) is 1.19. The third kappa shape index (κ3) is 90.1. The van der Waals surface area contributed by atoms with Crippen LogP contribution in [0.4, 0.5) is 0 Å². The van der Waals surface area contributed by atoms with Gasteiger partial charge in [-0.15, -0.1) is 0 Å². The Morgan fingerprint density at radius 2 is 1.25 bits per heavy atom. The van der Waals surface area contributed by atoms with Crippen molar-refractivity contribution >= 4 is 8.41 Å². The van der Waals surface area contributed by atoms with Gasteiger partial charge in [0.25, 0.3) is 0 Å². The molecular formula is H3BFeO2. The van der Waals surface area contributed by atoms with Gasteiger partial charge in [0.05, 0.1) is 8.41 Å². The van der Waals surface area contributed by atoms with Crippen molar-refractivity contribution in [1.29, 1.82) is 0 Å². The van der Waals surface area contributed by atoms with E-state index in [4.69, 9.17) is 7.67 Å². The van der Waals surface area contributed by atoms with Gasteiger partial charge < -0.3 is 0 Å². The van der Waals surface area contributed by atoms with Crippen molar-refractivity contribution in [3.8, 4) is 0 Å². The normalized spacial score (nSPS) is 4.00. The molecule has 0 atom stereocenters. The van der Waals surface area contributed by atoms with E-state index >= 15 is 0 Å². The van der Waals surface area contributed by atoms with E-state index in [1.807, 2.05) is 0 Å². The monoisotopic (exact) mass is 102 g/mol. The van der Waals surface area contributed by atoms with Crippen LogP contribution < -0.4 is 0 Å². The zero-order valence-electron chi connectivity index (χ0n) is 1.17. The first-order valence-electron chi connectivity index (χ1n) is 0.289. The molecule has 0 unspecified atom stereocenters. The Labute approximate surface area is 31.7 Å². The molecule has 0 aliphatic rings. The summed E-state index contributed by atoms with van der Waals surface area (Å²) >= 11 is -1.25. The zero-order chi connectivity index (χ0) is 2.71. The summed E-state index contributed by atoms with van der Waals surface area (Å²) in [5, 5.41) is 0. The molecule has 0 aromatic carbocycles. The molecule has 0 aromatic rings. The van der Waals surface area contributed by atoms with Gasteiger partial charge in [-0.3, -0.25) is 0 Å². The van der Waals surface area contributed by atoms with Crippen molar-refractivity contribution in [3.63, 3.8) is 0 Å². The molecule has 0 rings (SSSR count). The summed E-state index contributed by atoms with van der Waals surface area (Å²) in [6.45, 7) is 0. The number of rotatable bonds is 0. The van der Waals surface area contributed by atoms with Gasteiger partial charge in [0.1, 0.15) is 0 Å². The van der Waals surface area contributed by atoms with Gasteiger partial charge in [0.2, 0.25) is 0 Å². The summed E-state index contributed by atoms with van der Waals surface area (Å²) in [6.07, 6.45) is 0. The first-order chi connectivity index (χ1) is 1.41. The molecule has 2 nitrogen and oxygen atoms in total. The van der Waals surface area contributed by atoms with Crippen LogP contribution in [0, 0.1) is 0 Å². The minimum absolute atomic E-state index is 0. The average Bonchev–Trinajstić information content (AvgIpc) is 0.918. The van der Waals surface area contributed by atoms with Gasteiger partial charge in [0.15, 0.2) is 0 Å².